The fourth-order valence-electron chi connectivity index (χ4n) is 3.94. The van der Waals surface area contributed by atoms with Crippen molar-refractivity contribution >= 4 is 27.4 Å². The minimum Gasteiger partial charge on any atom is -0.353 e. The van der Waals surface area contributed by atoms with Gasteiger partial charge in [-0.2, -0.15) is 0 Å². The van der Waals surface area contributed by atoms with E-state index in [9.17, 15) is 0 Å². The summed E-state index contributed by atoms with van der Waals surface area (Å²) in [6.07, 6.45) is 9.66. The highest BCUT2D eigenvalue weighted by Gasteiger charge is 2.35. The van der Waals surface area contributed by atoms with Crippen LogP contribution in [0.1, 0.15) is 19.3 Å². The molecule has 0 N–H and O–H groups in total. The SMILES string of the molecule is CN1CCCC2CN(c3nc(Br)cn4ccnc34)CCC21. The Balaban J connectivity index is 1.66. The van der Waals surface area contributed by atoms with Gasteiger partial charge in [0.1, 0.15) is 4.60 Å². The fraction of sp³-hybridized carbons (Fsp3) is 0.600. The van der Waals surface area contributed by atoms with Crippen LogP contribution in [0.2, 0.25) is 0 Å². The molecule has 2 saturated heterocycles. The lowest BCUT2D eigenvalue weighted by atomic mass is 9.84. The van der Waals surface area contributed by atoms with Crippen molar-refractivity contribution in [3.8, 4) is 0 Å². The first-order valence-corrected chi connectivity index (χ1v) is 8.46. The molecule has 0 radical (unpaired) electrons. The van der Waals surface area contributed by atoms with Crippen molar-refractivity contribution in [1.82, 2.24) is 19.3 Å². The van der Waals surface area contributed by atoms with Gasteiger partial charge in [0.05, 0.1) is 0 Å². The highest BCUT2D eigenvalue weighted by atomic mass is 79.9. The zero-order valence-corrected chi connectivity index (χ0v) is 13.8. The standard InChI is InChI=1S/C15H20BrN5/c1-19-6-2-3-11-9-20(7-4-12(11)19)15-14-17-5-8-21(14)10-13(16)18-15/h5,8,10-12H,2-4,6-7,9H2,1H3. The molecule has 0 saturated carbocycles. The van der Waals surface area contributed by atoms with Crippen molar-refractivity contribution < 1.29 is 0 Å². The molecular formula is C15H20BrN5. The van der Waals surface area contributed by atoms with E-state index in [1.165, 1.54) is 25.8 Å². The highest BCUT2D eigenvalue weighted by Crippen LogP contribution is 2.32. The first-order chi connectivity index (χ1) is 10.2. The van der Waals surface area contributed by atoms with Crippen LogP contribution < -0.4 is 4.90 Å². The molecule has 2 aliphatic heterocycles. The molecule has 2 aliphatic rings. The van der Waals surface area contributed by atoms with E-state index in [2.05, 4.69) is 37.8 Å². The molecule has 0 aliphatic carbocycles. The Bertz CT molecular complexity index is 655. The van der Waals surface area contributed by atoms with Gasteiger partial charge < -0.3 is 14.2 Å². The summed E-state index contributed by atoms with van der Waals surface area (Å²) in [7, 11) is 2.27. The number of fused-ring (bicyclic) bond motifs is 2. The summed E-state index contributed by atoms with van der Waals surface area (Å²) in [4.78, 5) is 14.2. The quantitative estimate of drug-likeness (QED) is 0.792. The topological polar surface area (TPSA) is 36.7 Å². The van der Waals surface area contributed by atoms with Crippen LogP contribution in [0.4, 0.5) is 5.82 Å². The van der Waals surface area contributed by atoms with Gasteiger partial charge >= 0.3 is 0 Å². The van der Waals surface area contributed by atoms with Crippen LogP contribution in [0, 0.1) is 5.92 Å². The first-order valence-electron chi connectivity index (χ1n) is 7.67. The van der Waals surface area contributed by atoms with Crippen LogP contribution in [0.3, 0.4) is 0 Å². The van der Waals surface area contributed by atoms with E-state index in [4.69, 9.17) is 4.98 Å². The van der Waals surface area contributed by atoms with Crippen molar-refractivity contribution in [2.75, 3.05) is 31.6 Å². The van der Waals surface area contributed by atoms with Gasteiger partial charge in [-0.15, -0.1) is 0 Å². The van der Waals surface area contributed by atoms with E-state index < -0.39 is 0 Å². The number of hydrogen-bond donors (Lipinski definition) is 0. The third kappa shape index (κ3) is 2.34. The maximum absolute atomic E-state index is 4.70. The third-order valence-electron chi connectivity index (χ3n) is 4.97. The third-order valence-corrected chi connectivity index (χ3v) is 5.35. The Kier molecular flexibility index (Phi) is 3.38. The van der Waals surface area contributed by atoms with Crippen LogP contribution in [-0.4, -0.2) is 52.0 Å². The number of imidazole rings is 1. The lowest BCUT2D eigenvalue weighted by Gasteiger charge is -2.46. The van der Waals surface area contributed by atoms with Crippen molar-refractivity contribution in [3.63, 3.8) is 0 Å². The molecular weight excluding hydrogens is 330 g/mol. The smallest absolute Gasteiger partial charge is 0.180 e. The van der Waals surface area contributed by atoms with E-state index >= 15 is 0 Å². The molecule has 0 amide bonds. The molecule has 0 spiro atoms. The van der Waals surface area contributed by atoms with Crippen LogP contribution in [0.15, 0.2) is 23.2 Å². The molecule has 112 valence electrons. The van der Waals surface area contributed by atoms with Gasteiger partial charge in [0.2, 0.25) is 0 Å². The van der Waals surface area contributed by atoms with Crippen molar-refractivity contribution in [2.24, 2.45) is 5.92 Å². The fourth-order valence-corrected chi connectivity index (χ4v) is 4.33. The summed E-state index contributed by atoms with van der Waals surface area (Å²) in [5, 5.41) is 0. The molecule has 2 aromatic rings. The van der Waals surface area contributed by atoms with Gasteiger partial charge in [0.15, 0.2) is 11.5 Å². The lowest BCUT2D eigenvalue weighted by molar-refractivity contribution is 0.102. The molecule has 2 fully saturated rings. The largest absolute Gasteiger partial charge is 0.353 e. The second-order valence-electron chi connectivity index (χ2n) is 6.23. The van der Waals surface area contributed by atoms with Crippen molar-refractivity contribution in [3.05, 3.63) is 23.2 Å². The average molecular weight is 350 g/mol. The Morgan fingerprint density at radius 1 is 1.29 bits per heavy atom. The predicted molar refractivity (Wildman–Crippen MR) is 86.7 cm³/mol. The molecule has 0 aromatic carbocycles. The monoisotopic (exact) mass is 349 g/mol. The minimum absolute atomic E-state index is 0.748. The van der Waals surface area contributed by atoms with Gasteiger partial charge in [0.25, 0.3) is 0 Å². The Hall–Kier alpha value is -1.14. The highest BCUT2D eigenvalue weighted by molar-refractivity contribution is 9.10. The van der Waals surface area contributed by atoms with E-state index in [-0.39, 0.29) is 0 Å². The van der Waals surface area contributed by atoms with E-state index in [1.54, 1.807) is 0 Å². The number of rotatable bonds is 1. The number of halogens is 1. The number of anilines is 1. The van der Waals surface area contributed by atoms with E-state index in [0.29, 0.717) is 0 Å². The Morgan fingerprint density at radius 3 is 3.10 bits per heavy atom. The minimum atomic E-state index is 0.748. The zero-order chi connectivity index (χ0) is 14.4. The summed E-state index contributed by atoms with van der Waals surface area (Å²) >= 11 is 3.52. The Morgan fingerprint density at radius 2 is 2.19 bits per heavy atom. The second kappa shape index (κ2) is 5.25. The summed E-state index contributed by atoms with van der Waals surface area (Å²) in [5.74, 6) is 1.77. The average Bonchev–Trinajstić information content (AvgIpc) is 2.94. The molecule has 21 heavy (non-hydrogen) atoms. The summed E-state index contributed by atoms with van der Waals surface area (Å²) < 4.78 is 2.91. The molecule has 2 unspecified atom stereocenters. The van der Waals surface area contributed by atoms with Gasteiger partial charge in [-0.3, -0.25) is 0 Å². The molecule has 6 heteroatoms. The second-order valence-corrected chi connectivity index (χ2v) is 7.04. The van der Waals surface area contributed by atoms with Crippen molar-refractivity contribution in [2.45, 2.75) is 25.3 Å². The molecule has 2 atom stereocenters. The van der Waals surface area contributed by atoms with Gasteiger partial charge in [0, 0.05) is 37.7 Å². The van der Waals surface area contributed by atoms with Crippen molar-refractivity contribution in [1.29, 1.82) is 0 Å². The molecule has 4 rings (SSSR count). The maximum atomic E-state index is 4.70. The summed E-state index contributed by atoms with van der Waals surface area (Å²) in [6, 6.07) is 0.748. The van der Waals surface area contributed by atoms with Crippen LogP contribution in [0.5, 0.6) is 0 Å². The number of likely N-dealkylation sites (tertiary alicyclic amines) is 1. The predicted octanol–water partition coefficient (Wildman–Crippen LogP) is 2.41. The summed E-state index contributed by atoms with van der Waals surface area (Å²) in [6.45, 7) is 3.42. The molecule has 5 nitrogen and oxygen atoms in total. The van der Waals surface area contributed by atoms with Crippen LogP contribution >= 0.6 is 15.9 Å². The molecule has 0 bridgehead atoms. The lowest BCUT2D eigenvalue weighted by Crippen LogP contribution is -2.53. The van der Waals surface area contributed by atoms with E-state index in [1.807, 2.05) is 23.0 Å². The number of aromatic nitrogens is 3. The van der Waals surface area contributed by atoms with Crippen LogP contribution in [0.25, 0.3) is 5.65 Å². The summed E-state index contributed by atoms with van der Waals surface area (Å²) in [5.41, 5.74) is 0.959. The molecule has 2 aromatic heterocycles. The first kappa shape index (κ1) is 13.5. The number of hydrogen-bond acceptors (Lipinski definition) is 4. The van der Waals surface area contributed by atoms with Crippen LogP contribution in [-0.2, 0) is 0 Å². The normalized spacial score (nSPS) is 27.0. The van der Waals surface area contributed by atoms with Gasteiger partial charge in [-0.05, 0) is 54.7 Å². The van der Waals surface area contributed by atoms with Gasteiger partial charge in [-0.25, -0.2) is 9.97 Å². The zero-order valence-electron chi connectivity index (χ0n) is 12.2. The van der Waals surface area contributed by atoms with Gasteiger partial charge in [-0.1, -0.05) is 0 Å². The number of piperidine rings is 2. The molecule has 4 heterocycles. The van der Waals surface area contributed by atoms with E-state index in [0.717, 1.165) is 41.1 Å². The Labute approximate surface area is 133 Å². The number of nitrogens with zero attached hydrogens (tertiary/aromatic N) is 5. The maximum Gasteiger partial charge on any atom is 0.180 e.